The molecule has 1 aliphatic heterocycles. The molecule has 98 valence electrons. The van der Waals surface area contributed by atoms with Crippen molar-refractivity contribution >= 4 is 21.8 Å². The van der Waals surface area contributed by atoms with Gasteiger partial charge in [-0.1, -0.05) is 0 Å². The molecule has 0 saturated carbocycles. The van der Waals surface area contributed by atoms with Crippen LogP contribution in [0.5, 0.6) is 0 Å². The predicted octanol–water partition coefficient (Wildman–Crippen LogP) is 2.53. The summed E-state index contributed by atoms with van der Waals surface area (Å²) >= 11 is 3.25. The number of hydrogen-bond donors (Lipinski definition) is 1. The summed E-state index contributed by atoms with van der Waals surface area (Å²) in [5.41, 5.74) is 0.427. The molecular formula is C13H17BrN2O2. The standard InChI is InChI=1S/C13H17BrN2O2/c1-13(2)7-10(5-6-18-13)16-12(17)9-3-4-11(14)15-8-9/h3-4,8,10H,5-7H2,1-2H3,(H,16,17). The van der Waals surface area contributed by atoms with E-state index in [9.17, 15) is 4.79 Å². The average molecular weight is 313 g/mol. The molecule has 1 fully saturated rings. The molecule has 0 aromatic carbocycles. The van der Waals surface area contributed by atoms with E-state index in [2.05, 4.69) is 26.2 Å². The van der Waals surface area contributed by atoms with Crippen LogP contribution in [0.1, 0.15) is 37.0 Å². The Morgan fingerprint density at radius 1 is 1.56 bits per heavy atom. The lowest BCUT2D eigenvalue weighted by Crippen LogP contribution is -2.45. The largest absolute Gasteiger partial charge is 0.375 e. The molecule has 5 heteroatoms. The minimum Gasteiger partial charge on any atom is -0.375 e. The van der Waals surface area contributed by atoms with E-state index < -0.39 is 0 Å². The molecule has 1 amide bonds. The van der Waals surface area contributed by atoms with E-state index in [0.717, 1.165) is 17.4 Å². The number of carbonyl (C=O) groups excluding carboxylic acids is 1. The van der Waals surface area contributed by atoms with Gasteiger partial charge in [-0.25, -0.2) is 4.98 Å². The summed E-state index contributed by atoms with van der Waals surface area (Å²) in [6.45, 7) is 4.79. The van der Waals surface area contributed by atoms with Crippen molar-refractivity contribution in [1.29, 1.82) is 0 Å². The number of nitrogens with zero attached hydrogens (tertiary/aromatic N) is 1. The van der Waals surface area contributed by atoms with Crippen LogP contribution in [-0.4, -0.2) is 29.1 Å². The van der Waals surface area contributed by atoms with Gasteiger partial charge in [0, 0.05) is 18.8 Å². The number of aromatic nitrogens is 1. The molecule has 0 aliphatic carbocycles. The number of hydrogen-bond acceptors (Lipinski definition) is 3. The topological polar surface area (TPSA) is 51.2 Å². The van der Waals surface area contributed by atoms with Gasteiger partial charge >= 0.3 is 0 Å². The molecule has 1 aromatic heterocycles. The number of halogens is 1. The number of ether oxygens (including phenoxy) is 1. The van der Waals surface area contributed by atoms with Gasteiger partial charge in [0.15, 0.2) is 0 Å². The summed E-state index contributed by atoms with van der Waals surface area (Å²) in [6, 6.07) is 3.70. The maximum atomic E-state index is 12.0. The van der Waals surface area contributed by atoms with Crippen LogP contribution in [0, 0.1) is 0 Å². The molecule has 1 unspecified atom stereocenters. The second-order valence-electron chi connectivity index (χ2n) is 5.14. The van der Waals surface area contributed by atoms with Gasteiger partial charge in [-0.2, -0.15) is 0 Å². The van der Waals surface area contributed by atoms with Crippen LogP contribution < -0.4 is 5.32 Å². The van der Waals surface area contributed by atoms with Crippen LogP contribution in [0.4, 0.5) is 0 Å². The second-order valence-corrected chi connectivity index (χ2v) is 5.95. The molecule has 1 atom stereocenters. The zero-order valence-electron chi connectivity index (χ0n) is 10.6. The van der Waals surface area contributed by atoms with Crippen LogP contribution in [-0.2, 0) is 4.74 Å². The first kappa shape index (κ1) is 13.5. The van der Waals surface area contributed by atoms with Gasteiger partial charge in [-0.15, -0.1) is 0 Å². The highest BCUT2D eigenvalue weighted by molar-refractivity contribution is 9.10. The molecule has 2 rings (SSSR count). The Morgan fingerprint density at radius 2 is 2.33 bits per heavy atom. The highest BCUT2D eigenvalue weighted by Gasteiger charge is 2.29. The van der Waals surface area contributed by atoms with Gasteiger partial charge in [0.1, 0.15) is 4.60 Å². The van der Waals surface area contributed by atoms with Crippen molar-refractivity contribution in [1.82, 2.24) is 10.3 Å². The first-order valence-electron chi connectivity index (χ1n) is 6.03. The van der Waals surface area contributed by atoms with Crippen LogP contribution in [0.3, 0.4) is 0 Å². The number of amides is 1. The van der Waals surface area contributed by atoms with Crippen molar-refractivity contribution in [3.8, 4) is 0 Å². The lowest BCUT2D eigenvalue weighted by atomic mass is 9.94. The molecule has 1 N–H and O–H groups in total. The van der Waals surface area contributed by atoms with Crippen LogP contribution >= 0.6 is 15.9 Å². The minimum absolute atomic E-state index is 0.0716. The molecule has 0 spiro atoms. The highest BCUT2D eigenvalue weighted by atomic mass is 79.9. The maximum absolute atomic E-state index is 12.0. The Labute approximate surface area is 115 Å². The van der Waals surface area contributed by atoms with Gasteiger partial charge in [-0.3, -0.25) is 4.79 Å². The van der Waals surface area contributed by atoms with Crippen molar-refractivity contribution in [3.63, 3.8) is 0 Å². The monoisotopic (exact) mass is 312 g/mol. The Morgan fingerprint density at radius 3 is 2.94 bits per heavy atom. The van der Waals surface area contributed by atoms with E-state index in [4.69, 9.17) is 4.74 Å². The first-order valence-corrected chi connectivity index (χ1v) is 6.82. The van der Waals surface area contributed by atoms with Gasteiger partial charge in [0.05, 0.1) is 11.2 Å². The number of rotatable bonds is 2. The fraction of sp³-hybridized carbons (Fsp3) is 0.538. The van der Waals surface area contributed by atoms with E-state index in [1.165, 1.54) is 0 Å². The summed E-state index contributed by atoms with van der Waals surface area (Å²) < 4.78 is 6.36. The predicted molar refractivity (Wildman–Crippen MR) is 72.5 cm³/mol. The van der Waals surface area contributed by atoms with Crippen LogP contribution in [0.15, 0.2) is 22.9 Å². The summed E-state index contributed by atoms with van der Waals surface area (Å²) in [7, 11) is 0. The van der Waals surface area contributed by atoms with Crippen LogP contribution in [0.25, 0.3) is 0 Å². The SMILES string of the molecule is CC1(C)CC(NC(=O)c2ccc(Br)nc2)CCO1. The third-order valence-electron chi connectivity index (χ3n) is 3.02. The number of nitrogens with one attached hydrogen (secondary N) is 1. The summed E-state index contributed by atoms with van der Waals surface area (Å²) in [5, 5.41) is 3.04. The molecule has 1 aliphatic rings. The van der Waals surface area contributed by atoms with E-state index in [1.807, 2.05) is 13.8 Å². The van der Waals surface area contributed by atoms with Crippen molar-refractivity contribution in [2.75, 3.05) is 6.61 Å². The van der Waals surface area contributed by atoms with Crippen molar-refractivity contribution in [3.05, 3.63) is 28.5 Å². The number of carbonyl (C=O) groups is 1. The molecule has 1 aromatic rings. The third-order valence-corrected chi connectivity index (χ3v) is 3.49. The van der Waals surface area contributed by atoms with Crippen molar-refractivity contribution in [2.24, 2.45) is 0 Å². The Hall–Kier alpha value is -0.940. The maximum Gasteiger partial charge on any atom is 0.253 e. The van der Waals surface area contributed by atoms with E-state index >= 15 is 0 Å². The fourth-order valence-electron chi connectivity index (χ4n) is 2.13. The fourth-order valence-corrected chi connectivity index (χ4v) is 2.37. The summed E-state index contributed by atoms with van der Waals surface area (Å²) in [6.07, 6.45) is 3.27. The van der Waals surface area contributed by atoms with Gasteiger partial charge < -0.3 is 10.1 Å². The molecule has 0 radical (unpaired) electrons. The van der Waals surface area contributed by atoms with Crippen molar-refractivity contribution < 1.29 is 9.53 Å². The zero-order valence-corrected chi connectivity index (χ0v) is 12.2. The minimum atomic E-state index is -0.159. The smallest absolute Gasteiger partial charge is 0.253 e. The molecule has 0 bridgehead atoms. The first-order chi connectivity index (χ1) is 8.46. The molecule has 1 saturated heterocycles. The van der Waals surface area contributed by atoms with Gasteiger partial charge in [0.2, 0.25) is 0 Å². The van der Waals surface area contributed by atoms with E-state index in [-0.39, 0.29) is 17.6 Å². The average Bonchev–Trinajstić information content (AvgIpc) is 2.28. The van der Waals surface area contributed by atoms with E-state index in [0.29, 0.717) is 12.2 Å². The quantitative estimate of drug-likeness (QED) is 0.854. The second kappa shape index (κ2) is 5.36. The Kier molecular flexibility index (Phi) is 4.02. The normalized spacial score (nSPS) is 22.5. The van der Waals surface area contributed by atoms with E-state index in [1.54, 1.807) is 18.3 Å². The lowest BCUT2D eigenvalue weighted by Gasteiger charge is -2.35. The summed E-state index contributed by atoms with van der Waals surface area (Å²) in [5.74, 6) is -0.0716. The third kappa shape index (κ3) is 3.53. The highest BCUT2D eigenvalue weighted by Crippen LogP contribution is 2.24. The lowest BCUT2D eigenvalue weighted by molar-refractivity contribution is -0.0615. The van der Waals surface area contributed by atoms with Gasteiger partial charge in [-0.05, 0) is 54.8 Å². The molecule has 4 nitrogen and oxygen atoms in total. The number of pyridine rings is 1. The molecule has 18 heavy (non-hydrogen) atoms. The zero-order chi connectivity index (χ0) is 13.2. The molecule has 2 heterocycles. The van der Waals surface area contributed by atoms with Crippen LogP contribution in [0.2, 0.25) is 0 Å². The van der Waals surface area contributed by atoms with Crippen molar-refractivity contribution in [2.45, 2.75) is 38.3 Å². The Balaban J connectivity index is 1.97. The molecular weight excluding hydrogens is 296 g/mol. The summed E-state index contributed by atoms with van der Waals surface area (Å²) in [4.78, 5) is 16.1. The van der Waals surface area contributed by atoms with Gasteiger partial charge in [0.25, 0.3) is 5.91 Å². The Bertz CT molecular complexity index is 431.